The van der Waals surface area contributed by atoms with Crippen molar-refractivity contribution in [2.75, 3.05) is 18.0 Å². The van der Waals surface area contributed by atoms with Crippen LogP contribution in [-0.2, 0) is 6.54 Å². The number of rotatable bonds is 8. The number of aromatic nitrogens is 1. The van der Waals surface area contributed by atoms with Crippen molar-refractivity contribution in [2.45, 2.75) is 47.1 Å². The van der Waals surface area contributed by atoms with Gasteiger partial charge in [0.25, 0.3) is 0 Å². The maximum Gasteiger partial charge on any atom is 0.133 e. The summed E-state index contributed by atoms with van der Waals surface area (Å²) in [6.45, 7) is 11.7. The molecule has 1 heterocycles. The predicted octanol–water partition coefficient (Wildman–Crippen LogP) is 4.20. The second kappa shape index (κ2) is 8.63. The molecule has 0 aliphatic rings. The first-order chi connectivity index (χ1) is 9.43. The second-order valence-corrected chi connectivity index (χ2v) is 7.11. The number of halogens is 1. The van der Waals surface area contributed by atoms with E-state index in [9.17, 15) is 0 Å². The lowest BCUT2D eigenvalue weighted by Gasteiger charge is -2.27. The van der Waals surface area contributed by atoms with Crippen molar-refractivity contribution in [1.82, 2.24) is 4.98 Å². The Hall–Kier alpha value is -0.610. The number of anilines is 1. The predicted molar refractivity (Wildman–Crippen MR) is 91.0 cm³/mol. The van der Waals surface area contributed by atoms with E-state index < -0.39 is 0 Å². The molecule has 0 amide bonds. The molecule has 0 aliphatic carbocycles. The van der Waals surface area contributed by atoms with Gasteiger partial charge in [-0.2, -0.15) is 0 Å². The van der Waals surface area contributed by atoms with Gasteiger partial charge in [-0.15, -0.1) is 0 Å². The SMILES string of the molecule is CC(C)CCN(CCC(C)C)c1ncc(Br)cc1CN. The van der Waals surface area contributed by atoms with E-state index in [1.54, 1.807) is 0 Å². The van der Waals surface area contributed by atoms with Gasteiger partial charge in [0.2, 0.25) is 0 Å². The Labute approximate surface area is 132 Å². The molecule has 0 saturated heterocycles. The van der Waals surface area contributed by atoms with Gasteiger partial charge in [-0.05, 0) is 46.7 Å². The minimum Gasteiger partial charge on any atom is -0.356 e. The molecule has 114 valence electrons. The quantitative estimate of drug-likeness (QED) is 0.770. The Morgan fingerprint density at radius 2 is 1.70 bits per heavy atom. The lowest BCUT2D eigenvalue weighted by molar-refractivity contribution is 0.532. The van der Waals surface area contributed by atoms with Crippen LogP contribution >= 0.6 is 15.9 Å². The topological polar surface area (TPSA) is 42.2 Å². The van der Waals surface area contributed by atoms with Crippen LogP contribution in [-0.4, -0.2) is 18.1 Å². The third kappa shape index (κ3) is 5.80. The van der Waals surface area contributed by atoms with E-state index in [4.69, 9.17) is 5.73 Å². The van der Waals surface area contributed by atoms with Crippen molar-refractivity contribution in [1.29, 1.82) is 0 Å². The summed E-state index contributed by atoms with van der Waals surface area (Å²) in [5.41, 5.74) is 7.00. The molecule has 1 aromatic rings. The van der Waals surface area contributed by atoms with Crippen LogP contribution in [0.1, 0.15) is 46.1 Å². The van der Waals surface area contributed by atoms with Crippen LogP contribution in [0.4, 0.5) is 5.82 Å². The van der Waals surface area contributed by atoms with Gasteiger partial charge in [-0.3, -0.25) is 0 Å². The highest BCUT2D eigenvalue weighted by molar-refractivity contribution is 9.10. The molecule has 0 aromatic carbocycles. The van der Waals surface area contributed by atoms with Crippen LogP contribution in [0, 0.1) is 11.8 Å². The number of nitrogens with two attached hydrogens (primary N) is 1. The lowest BCUT2D eigenvalue weighted by Crippen LogP contribution is -2.29. The average molecular weight is 342 g/mol. The van der Waals surface area contributed by atoms with E-state index in [1.165, 1.54) is 12.8 Å². The van der Waals surface area contributed by atoms with E-state index in [2.05, 4.69) is 59.6 Å². The first-order valence-corrected chi connectivity index (χ1v) is 8.32. The molecule has 4 heteroatoms. The molecular formula is C16H28BrN3. The Morgan fingerprint density at radius 1 is 1.15 bits per heavy atom. The van der Waals surface area contributed by atoms with Gasteiger partial charge in [-0.25, -0.2) is 4.98 Å². The molecule has 0 spiro atoms. The molecule has 3 nitrogen and oxygen atoms in total. The van der Waals surface area contributed by atoms with Crippen LogP contribution in [0.5, 0.6) is 0 Å². The molecule has 0 bridgehead atoms. The van der Waals surface area contributed by atoms with Gasteiger partial charge < -0.3 is 10.6 Å². The molecule has 1 rings (SSSR count). The van der Waals surface area contributed by atoms with Gasteiger partial charge in [0.15, 0.2) is 0 Å². The smallest absolute Gasteiger partial charge is 0.133 e. The fourth-order valence-corrected chi connectivity index (χ4v) is 2.44. The summed E-state index contributed by atoms with van der Waals surface area (Å²) in [4.78, 5) is 7.00. The molecule has 0 fully saturated rings. The number of nitrogens with zero attached hydrogens (tertiary/aromatic N) is 2. The van der Waals surface area contributed by atoms with Gasteiger partial charge in [0.05, 0.1) is 0 Å². The fourth-order valence-electron chi connectivity index (χ4n) is 2.06. The number of pyridine rings is 1. The molecule has 1 aromatic heterocycles. The van der Waals surface area contributed by atoms with E-state index in [1.807, 2.05) is 6.20 Å². The van der Waals surface area contributed by atoms with Crippen molar-refractivity contribution >= 4 is 21.7 Å². The maximum atomic E-state index is 5.88. The maximum absolute atomic E-state index is 5.88. The second-order valence-electron chi connectivity index (χ2n) is 6.19. The first kappa shape index (κ1) is 17.4. The molecule has 0 unspecified atom stereocenters. The number of hydrogen-bond donors (Lipinski definition) is 1. The van der Waals surface area contributed by atoms with E-state index in [-0.39, 0.29) is 0 Å². The minimum atomic E-state index is 0.529. The summed E-state index contributed by atoms with van der Waals surface area (Å²) >= 11 is 3.47. The zero-order valence-corrected chi connectivity index (χ0v) is 14.8. The van der Waals surface area contributed by atoms with Crippen molar-refractivity contribution < 1.29 is 0 Å². The van der Waals surface area contributed by atoms with E-state index in [0.717, 1.165) is 28.9 Å². The Bertz CT molecular complexity index is 393. The highest BCUT2D eigenvalue weighted by atomic mass is 79.9. The lowest BCUT2D eigenvalue weighted by atomic mass is 10.1. The number of hydrogen-bond acceptors (Lipinski definition) is 3. The molecule has 0 radical (unpaired) electrons. The largest absolute Gasteiger partial charge is 0.356 e. The highest BCUT2D eigenvalue weighted by Gasteiger charge is 2.13. The molecule has 20 heavy (non-hydrogen) atoms. The van der Waals surface area contributed by atoms with E-state index >= 15 is 0 Å². The van der Waals surface area contributed by atoms with E-state index in [0.29, 0.717) is 18.4 Å². The fraction of sp³-hybridized carbons (Fsp3) is 0.688. The molecule has 0 aliphatic heterocycles. The third-order valence-electron chi connectivity index (χ3n) is 3.38. The standard InChI is InChI=1S/C16H28BrN3/c1-12(2)5-7-20(8-6-13(3)4)16-14(10-18)9-15(17)11-19-16/h9,11-13H,5-8,10,18H2,1-4H3. The molecule has 2 N–H and O–H groups in total. The van der Waals surface area contributed by atoms with Crippen LogP contribution in [0.15, 0.2) is 16.7 Å². The van der Waals surface area contributed by atoms with Crippen LogP contribution in [0.3, 0.4) is 0 Å². The normalized spacial score (nSPS) is 11.4. The van der Waals surface area contributed by atoms with Gasteiger partial charge in [0.1, 0.15) is 5.82 Å². The molecule has 0 saturated carbocycles. The van der Waals surface area contributed by atoms with Gasteiger partial charge in [0, 0.05) is 35.9 Å². The average Bonchev–Trinajstić information content (AvgIpc) is 2.38. The van der Waals surface area contributed by atoms with Crippen LogP contribution in [0.2, 0.25) is 0 Å². The molecular weight excluding hydrogens is 314 g/mol. The van der Waals surface area contributed by atoms with Crippen molar-refractivity contribution in [3.05, 3.63) is 22.3 Å². The first-order valence-electron chi connectivity index (χ1n) is 7.53. The summed E-state index contributed by atoms with van der Waals surface area (Å²) in [6.07, 6.45) is 4.23. The van der Waals surface area contributed by atoms with Crippen molar-refractivity contribution in [3.8, 4) is 0 Å². The summed E-state index contributed by atoms with van der Waals surface area (Å²) in [5.74, 6) is 2.46. The Kier molecular flexibility index (Phi) is 7.52. The van der Waals surface area contributed by atoms with Crippen LogP contribution < -0.4 is 10.6 Å². The van der Waals surface area contributed by atoms with Crippen LogP contribution in [0.25, 0.3) is 0 Å². The Balaban J connectivity index is 2.89. The third-order valence-corrected chi connectivity index (χ3v) is 3.82. The van der Waals surface area contributed by atoms with Gasteiger partial charge in [-0.1, -0.05) is 27.7 Å². The minimum absolute atomic E-state index is 0.529. The van der Waals surface area contributed by atoms with Crippen molar-refractivity contribution in [2.24, 2.45) is 17.6 Å². The summed E-state index contributed by atoms with van der Waals surface area (Å²) in [5, 5.41) is 0. The monoisotopic (exact) mass is 341 g/mol. The zero-order chi connectivity index (χ0) is 15.1. The molecule has 0 atom stereocenters. The summed E-state index contributed by atoms with van der Waals surface area (Å²) in [6, 6.07) is 2.08. The summed E-state index contributed by atoms with van der Waals surface area (Å²) < 4.78 is 0.995. The Morgan fingerprint density at radius 3 is 2.15 bits per heavy atom. The summed E-state index contributed by atoms with van der Waals surface area (Å²) in [7, 11) is 0. The zero-order valence-electron chi connectivity index (χ0n) is 13.2. The van der Waals surface area contributed by atoms with Crippen molar-refractivity contribution in [3.63, 3.8) is 0 Å². The van der Waals surface area contributed by atoms with Gasteiger partial charge >= 0.3 is 0 Å². The highest BCUT2D eigenvalue weighted by Crippen LogP contribution is 2.23.